The maximum Gasteiger partial charge on any atom is 0.335 e. The van der Waals surface area contributed by atoms with E-state index in [1.54, 1.807) is 12.1 Å². The number of carbonyl (C=O) groups excluding carboxylic acids is 1. The van der Waals surface area contributed by atoms with Gasteiger partial charge in [0.25, 0.3) is 0 Å². The molecule has 0 atom stereocenters. The van der Waals surface area contributed by atoms with Gasteiger partial charge in [-0.3, -0.25) is 4.79 Å². The van der Waals surface area contributed by atoms with Crippen LogP contribution in [0.3, 0.4) is 0 Å². The molecule has 1 rings (SSSR count). The molecule has 0 aliphatic rings. The first kappa shape index (κ1) is 10.6. The molecule has 0 fully saturated rings. The van der Waals surface area contributed by atoms with Crippen molar-refractivity contribution in [1.29, 1.82) is 0 Å². The van der Waals surface area contributed by atoms with E-state index in [0.29, 0.717) is 0 Å². The van der Waals surface area contributed by atoms with Crippen LogP contribution in [0.2, 0.25) is 0 Å². The molecule has 0 unspecified atom stereocenters. The van der Waals surface area contributed by atoms with Crippen LogP contribution in [0.25, 0.3) is 0 Å². The third-order valence-electron chi connectivity index (χ3n) is 1.46. The topological polar surface area (TPSA) is 80.4 Å². The molecule has 74 valence electrons. The van der Waals surface area contributed by atoms with Crippen LogP contribution in [0, 0.1) is 0 Å². The molecule has 14 heavy (non-hydrogen) atoms. The predicted octanol–water partition coefficient (Wildman–Crippen LogP) is 0.962. The molecule has 0 aliphatic carbocycles. The number of hydrogen-bond donors (Lipinski definition) is 2. The summed E-state index contributed by atoms with van der Waals surface area (Å²) >= 11 is 1.22. The van der Waals surface area contributed by atoms with Crippen LogP contribution in [0.5, 0.6) is 0 Å². The van der Waals surface area contributed by atoms with E-state index in [0.717, 1.165) is 4.90 Å². The third-order valence-corrected chi connectivity index (χ3v) is 2.48. The van der Waals surface area contributed by atoms with Crippen molar-refractivity contribution in [2.45, 2.75) is 4.90 Å². The predicted molar refractivity (Wildman–Crippen MR) is 53.3 cm³/mol. The van der Waals surface area contributed by atoms with Crippen molar-refractivity contribution in [2.24, 2.45) is 5.73 Å². The Bertz CT molecular complexity index is 365. The lowest BCUT2D eigenvalue weighted by Gasteiger charge is -1.99. The highest BCUT2D eigenvalue weighted by atomic mass is 32.2. The van der Waals surface area contributed by atoms with Gasteiger partial charge in [-0.25, -0.2) is 4.79 Å². The lowest BCUT2D eigenvalue weighted by molar-refractivity contribution is -0.115. The minimum atomic E-state index is -0.980. The number of primary amides is 1. The third kappa shape index (κ3) is 3.10. The summed E-state index contributed by atoms with van der Waals surface area (Å²) in [5.74, 6) is -1.24. The smallest absolute Gasteiger partial charge is 0.335 e. The van der Waals surface area contributed by atoms with Gasteiger partial charge in [0.15, 0.2) is 0 Å². The number of aromatic carboxylic acids is 1. The molecular formula is C9H9NO3S. The van der Waals surface area contributed by atoms with Gasteiger partial charge in [0, 0.05) is 4.90 Å². The lowest BCUT2D eigenvalue weighted by atomic mass is 10.2. The van der Waals surface area contributed by atoms with Crippen molar-refractivity contribution in [3.8, 4) is 0 Å². The van der Waals surface area contributed by atoms with Crippen LogP contribution in [-0.2, 0) is 4.79 Å². The lowest BCUT2D eigenvalue weighted by Crippen LogP contribution is -2.12. The second-order valence-corrected chi connectivity index (χ2v) is 3.64. The van der Waals surface area contributed by atoms with Crippen LogP contribution in [0.15, 0.2) is 29.2 Å². The first-order chi connectivity index (χ1) is 6.59. The van der Waals surface area contributed by atoms with Crippen LogP contribution in [0.4, 0.5) is 0 Å². The highest BCUT2D eigenvalue weighted by Gasteiger charge is 2.04. The summed E-state index contributed by atoms with van der Waals surface area (Å²) in [4.78, 5) is 21.8. The summed E-state index contributed by atoms with van der Waals surface area (Å²) < 4.78 is 0. The summed E-state index contributed by atoms with van der Waals surface area (Å²) in [6.07, 6.45) is 0. The van der Waals surface area contributed by atoms with Gasteiger partial charge in [-0.15, -0.1) is 11.8 Å². The second kappa shape index (κ2) is 4.66. The Hall–Kier alpha value is -1.49. The minimum absolute atomic E-state index is 0.156. The molecule has 0 saturated heterocycles. The Balaban J connectivity index is 2.73. The Labute approximate surface area is 85.1 Å². The van der Waals surface area contributed by atoms with Crippen molar-refractivity contribution in [2.75, 3.05) is 5.75 Å². The summed E-state index contributed by atoms with van der Waals surface area (Å²) in [5.41, 5.74) is 5.17. The van der Waals surface area contributed by atoms with Crippen LogP contribution in [0.1, 0.15) is 10.4 Å². The molecule has 1 amide bonds. The van der Waals surface area contributed by atoms with Gasteiger partial charge in [0.1, 0.15) is 0 Å². The zero-order valence-electron chi connectivity index (χ0n) is 7.27. The zero-order chi connectivity index (χ0) is 10.6. The minimum Gasteiger partial charge on any atom is -0.478 e. The van der Waals surface area contributed by atoms with E-state index in [2.05, 4.69) is 0 Å². The van der Waals surface area contributed by atoms with Gasteiger partial charge in [0.05, 0.1) is 11.3 Å². The Morgan fingerprint density at radius 2 is 2.14 bits per heavy atom. The first-order valence-electron chi connectivity index (χ1n) is 3.84. The molecular weight excluding hydrogens is 202 g/mol. The second-order valence-electron chi connectivity index (χ2n) is 2.59. The number of nitrogens with two attached hydrogens (primary N) is 1. The molecule has 0 heterocycles. The fourth-order valence-electron chi connectivity index (χ4n) is 0.873. The van der Waals surface area contributed by atoms with E-state index in [1.807, 2.05) is 0 Å². The van der Waals surface area contributed by atoms with Gasteiger partial charge in [-0.1, -0.05) is 6.07 Å². The summed E-state index contributed by atoms with van der Waals surface area (Å²) in [7, 11) is 0. The number of amides is 1. The van der Waals surface area contributed by atoms with Gasteiger partial charge in [0.2, 0.25) is 5.91 Å². The number of carboxylic acid groups (broad SMARTS) is 1. The maximum absolute atomic E-state index is 10.6. The van der Waals surface area contributed by atoms with E-state index in [4.69, 9.17) is 10.8 Å². The van der Waals surface area contributed by atoms with E-state index in [1.165, 1.54) is 23.9 Å². The molecule has 5 heteroatoms. The molecule has 0 aromatic heterocycles. The number of carboxylic acids is 1. The molecule has 1 aromatic rings. The Morgan fingerprint density at radius 1 is 1.43 bits per heavy atom. The molecule has 0 bridgehead atoms. The first-order valence-corrected chi connectivity index (χ1v) is 4.82. The summed E-state index contributed by atoms with van der Waals surface area (Å²) in [6, 6.07) is 6.37. The van der Waals surface area contributed by atoms with E-state index < -0.39 is 11.9 Å². The quantitative estimate of drug-likeness (QED) is 0.727. The molecule has 0 aliphatic heterocycles. The van der Waals surface area contributed by atoms with Crippen LogP contribution >= 0.6 is 11.8 Å². The van der Waals surface area contributed by atoms with Crippen LogP contribution < -0.4 is 5.73 Å². The molecule has 3 N–H and O–H groups in total. The summed E-state index contributed by atoms with van der Waals surface area (Å²) in [5, 5.41) is 8.69. The number of benzene rings is 1. The SMILES string of the molecule is NC(=O)CSc1cccc(C(=O)O)c1. The van der Waals surface area contributed by atoms with E-state index >= 15 is 0 Å². The highest BCUT2D eigenvalue weighted by Crippen LogP contribution is 2.18. The number of thioether (sulfide) groups is 1. The zero-order valence-corrected chi connectivity index (χ0v) is 8.08. The number of hydrogen-bond acceptors (Lipinski definition) is 3. The average molecular weight is 211 g/mol. The highest BCUT2D eigenvalue weighted by molar-refractivity contribution is 8.00. The monoisotopic (exact) mass is 211 g/mol. The maximum atomic E-state index is 10.6. The molecule has 1 aromatic carbocycles. The van der Waals surface area contributed by atoms with Crippen molar-refractivity contribution in [1.82, 2.24) is 0 Å². The molecule has 4 nitrogen and oxygen atoms in total. The van der Waals surface area contributed by atoms with Crippen LogP contribution in [-0.4, -0.2) is 22.7 Å². The normalized spacial score (nSPS) is 9.71. The number of carbonyl (C=O) groups is 2. The van der Waals surface area contributed by atoms with Gasteiger partial charge in [-0.2, -0.15) is 0 Å². The largest absolute Gasteiger partial charge is 0.478 e. The number of rotatable bonds is 4. The fourth-order valence-corrected chi connectivity index (χ4v) is 1.57. The van der Waals surface area contributed by atoms with E-state index in [-0.39, 0.29) is 11.3 Å². The Kier molecular flexibility index (Phi) is 3.53. The van der Waals surface area contributed by atoms with Crippen molar-refractivity contribution < 1.29 is 14.7 Å². The Morgan fingerprint density at radius 3 is 2.71 bits per heavy atom. The fraction of sp³-hybridized carbons (Fsp3) is 0.111. The molecule has 0 saturated carbocycles. The average Bonchev–Trinajstić information content (AvgIpc) is 2.15. The van der Waals surface area contributed by atoms with Gasteiger partial charge >= 0.3 is 5.97 Å². The van der Waals surface area contributed by atoms with Gasteiger partial charge in [-0.05, 0) is 18.2 Å². The molecule has 0 spiro atoms. The molecule has 0 radical (unpaired) electrons. The van der Waals surface area contributed by atoms with Crippen molar-refractivity contribution >= 4 is 23.6 Å². The van der Waals surface area contributed by atoms with Gasteiger partial charge < -0.3 is 10.8 Å². The van der Waals surface area contributed by atoms with Crippen molar-refractivity contribution in [3.05, 3.63) is 29.8 Å². The summed E-state index contributed by atoms with van der Waals surface area (Å²) in [6.45, 7) is 0. The van der Waals surface area contributed by atoms with E-state index in [9.17, 15) is 9.59 Å². The standard InChI is InChI=1S/C9H9NO3S/c10-8(11)5-14-7-3-1-2-6(4-7)9(12)13/h1-4H,5H2,(H2,10,11)(H,12,13). The van der Waals surface area contributed by atoms with Crippen molar-refractivity contribution in [3.63, 3.8) is 0 Å².